The minimum Gasteiger partial charge on any atom is -0.488 e. The van der Waals surface area contributed by atoms with E-state index >= 15 is 0 Å². The molecule has 0 heterocycles. The molecule has 0 bridgehead atoms. The Morgan fingerprint density at radius 2 is 1.62 bits per heavy atom. The van der Waals surface area contributed by atoms with E-state index in [0.29, 0.717) is 12.2 Å². The fourth-order valence-electron chi connectivity index (χ4n) is 2.99. The van der Waals surface area contributed by atoms with Gasteiger partial charge in [0.1, 0.15) is 18.0 Å². The fraction of sp³-hybridized carbons (Fsp3) is 0.192. The van der Waals surface area contributed by atoms with E-state index in [1.54, 1.807) is 18.2 Å². The molecule has 3 nitrogen and oxygen atoms in total. The highest BCUT2D eigenvalue weighted by Crippen LogP contribution is 2.32. The van der Waals surface area contributed by atoms with Crippen molar-refractivity contribution < 1.29 is 14.3 Å². The van der Waals surface area contributed by atoms with Gasteiger partial charge >= 0.3 is 5.97 Å². The lowest BCUT2D eigenvalue weighted by Gasteiger charge is -2.19. The molecule has 148 valence electrons. The lowest BCUT2D eigenvalue weighted by Crippen LogP contribution is -2.23. The van der Waals surface area contributed by atoms with Gasteiger partial charge < -0.3 is 9.47 Å². The van der Waals surface area contributed by atoms with Crippen molar-refractivity contribution >= 4 is 12.0 Å². The van der Waals surface area contributed by atoms with Crippen molar-refractivity contribution in [3.8, 4) is 16.9 Å². The number of rotatable bonds is 6. The van der Waals surface area contributed by atoms with Crippen molar-refractivity contribution in [2.75, 3.05) is 0 Å². The Hall–Kier alpha value is -3.33. The summed E-state index contributed by atoms with van der Waals surface area (Å²) in [6.07, 6.45) is 1.80. The molecular weight excluding hydrogens is 360 g/mol. The maximum atomic E-state index is 12.2. The Bertz CT molecular complexity index is 981. The van der Waals surface area contributed by atoms with Gasteiger partial charge in [0.2, 0.25) is 0 Å². The number of benzene rings is 3. The van der Waals surface area contributed by atoms with Crippen molar-refractivity contribution in [2.24, 2.45) is 0 Å². The number of hydrogen-bond donors (Lipinski definition) is 0. The average Bonchev–Trinajstić information content (AvgIpc) is 2.71. The molecule has 0 fully saturated rings. The topological polar surface area (TPSA) is 35.5 Å². The highest BCUT2D eigenvalue weighted by atomic mass is 16.6. The van der Waals surface area contributed by atoms with Crippen LogP contribution in [0.15, 0.2) is 79.4 Å². The summed E-state index contributed by atoms with van der Waals surface area (Å²) < 4.78 is 11.5. The minimum atomic E-state index is -0.518. The second kappa shape index (κ2) is 8.78. The van der Waals surface area contributed by atoms with Gasteiger partial charge in [0.15, 0.2) is 0 Å². The van der Waals surface area contributed by atoms with Crippen LogP contribution in [-0.2, 0) is 11.3 Å². The second-order valence-electron chi connectivity index (χ2n) is 7.78. The predicted molar refractivity (Wildman–Crippen MR) is 118 cm³/mol. The molecule has 29 heavy (non-hydrogen) atoms. The van der Waals surface area contributed by atoms with Crippen molar-refractivity contribution in [1.82, 2.24) is 0 Å². The van der Waals surface area contributed by atoms with E-state index in [1.807, 2.05) is 81.4 Å². The number of esters is 1. The molecule has 0 saturated heterocycles. The Kier molecular flexibility index (Phi) is 6.18. The first-order chi connectivity index (χ1) is 13.9. The molecule has 0 saturated carbocycles. The standard InChI is InChI=1S/C26H26O3/c1-5-22-23(12-9-13-24(22)28-18-19-10-7-6-8-11-19)20-14-16-21(17-15-20)25(27)29-26(2,3)4/h5-17H,1,18H2,2-4H3. The lowest BCUT2D eigenvalue weighted by atomic mass is 9.98. The number of hydrogen-bond acceptors (Lipinski definition) is 3. The van der Waals surface area contributed by atoms with E-state index in [4.69, 9.17) is 9.47 Å². The summed E-state index contributed by atoms with van der Waals surface area (Å²) in [7, 11) is 0. The predicted octanol–water partition coefficient (Wildman–Crippen LogP) is 6.53. The number of ether oxygens (including phenoxy) is 2. The fourth-order valence-corrected chi connectivity index (χ4v) is 2.99. The van der Waals surface area contributed by atoms with Crippen LogP contribution in [0.5, 0.6) is 5.75 Å². The summed E-state index contributed by atoms with van der Waals surface area (Å²) in [4.78, 5) is 12.2. The zero-order chi connectivity index (χ0) is 20.9. The molecule has 0 aliphatic rings. The molecule has 0 unspecified atom stereocenters. The molecule has 0 aliphatic heterocycles. The van der Waals surface area contributed by atoms with Gasteiger partial charge in [-0.05, 0) is 55.7 Å². The van der Waals surface area contributed by atoms with Crippen LogP contribution in [-0.4, -0.2) is 11.6 Å². The molecule has 0 amide bonds. The smallest absolute Gasteiger partial charge is 0.338 e. The van der Waals surface area contributed by atoms with E-state index in [-0.39, 0.29) is 5.97 Å². The molecule has 3 rings (SSSR count). The zero-order valence-corrected chi connectivity index (χ0v) is 17.1. The SMILES string of the molecule is C=Cc1c(OCc2ccccc2)cccc1-c1ccc(C(=O)OC(C)(C)C)cc1. The quantitative estimate of drug-likeness (QED) is 0.452. The zero-order valence-electron chi connectivity index (χ0n) is 17.1. The molecule has 3 heteroatoms. The molecule has 0 N–H and O–H groups in total. The Balaban J connectivity index is 1.83. The Morgan fingerprint density at radius 1 is 0.931 bits per heavy atom. The van der Waals surface area contributed by atoms with Gasteiger partial charge in [-0.15, -0.1) is 0 Å². The van der Waals surface area contributed by atoms with Crippen LogP contribution in [0.25, 0.3) is 17.2 Å². The van der Waals surface area contributed by atoms with Gasteiger partial charge in [-0.1, -0.05) is 67.3 Å². The third-order valence-electron chi connectivity index (χ3n) is 4.34. The summed E-state index contributed by atoms with van der Waals surface area (Å²) in [6.45, 7) is 10.0. The maximum Gasteiger partial charge on any atom is 0.338 e. The second-order valence-corrected chi connectivity index (χ2v) is 7.78. The van der Waals surface area contributed by atoms with E-state index in [0.717, 1.165) is 28.0 Å². The molecule has 0 aliphatic carbocycles. The van der Waals surface area contributed by atoms with Gasteiger partial charge in [0.05, 0.1) is 5.56 Å². The molecule has 3 aromatic carbocycles. The average molecular weight is 386 g/mol. The molecule has 3 aromatic rings. The van der Waals surface area contributed by atoms with Crippen LogP contribution < -0.4 is 4.74 Å². The van der Waals surface area contributed by atoms with Crippen LogP contribution in [0.4, 0.5) is 0 Å². The molecule has 0 aromatic heterocycles. The molecule has 0 radical (unpaired) electrons. The normalized spacial score (nSPS) is 11.0. The van der Waals surface area contributed by atoms with Crippen LogP contribution >= 0.6 is 0 Å². The van der Waals surface area contributed by atoms with Gasteiger partial charge in [0.25, 0.3) is 0 Å². The minimum absolute atomic E-state index is 0.326. The molecular formula is C26H26O3. The molecule has 0 spiro atoms. The van der Waals surface area contributed by atoms with Crippen molar-refractivity contribution in [3.05, 3.63) is 96.1 Å². The van der Waals surface area contributed by atoms with Gasteiger partial charge in [-0.25, -0.2) is 4.79 Å². The van der Waals surface area contributed by atoms with E-state index < -0.39 is 5.60 Å². The van der Waals surface area contributed by atoms with E-state index in [2.05, 4.69) is 6.58 Å². The van der Waals surface area contributed by atoms with Gasteiger partial charge in [0, 0.05) is 5.56 Å². The summed E-state index contributed by atoms with van der Waals surface area (Å²) in [5.74, 6) is 0.450. The van der Waals surface area contributed by atoms with Gasteiger partial charge in [-0.2, -0.15) is 0 Å². The summed E-state index contributed by atoms with van der Waals surface area (Å²) in [5, 5.41) is 0. The number of carbonyl (C=O) groups excluding carboxylic acids is 1. The third kappa shape index (κ3) is 5.35. The van der Waals surface area contributed by atoms with Crippen molar-refractivity contribution in [3.63, 3.8) is 0 Å². The molecule has 0 atom stereocenters. The lowest BCUT2D eigenvalue weighted by molar-refractivity contribution is 0.00695. The Morgan fingerprint density at radius 3 is 2.24 bits per heavy atom. The highest BCUT2D eigenvalue weighted by Gasteiger charge is 2.18. The van der Waals surface area contributed by atoms with Gasteiger partial charge in [-0.3, -0.25) is 0 Å². The van der Waals surface area contributed by atoms with Crippen LogP contribution in [0.3, 0.4) is 0 Å². The third-order valence-corrected chi connectivity index (χ3v) is 4.34. The summed E-state index contributed by atoms with van der Waals surface area (Å²) in [5.41, 5.74) is 4.03. The summed E-state index contributed by atoms with van der Waals surface area (Å²) in [6, 6.07) is 23.4. The number of carbonyl (C=O) groups is 1. The maximum absolute atomic E-state index is 12.2. The highest BCUT2D eigenvalue weighted by molar-refractivity contribution is 5.90. The Labute approximate surface area is 172 Å². The van der Waals surface area contributed by atoms with Crippen LogP contribution in [0.2, 0.25) is 0 Å². The monoisotopic (exact) mass is 386 g/mol. The van der Waals surface area contributed by atoms with E-state index in [1.165, 1.54) is 0 Å². The summed E-state index contributed by atoms with van der Waals surface area (Å²) >= 11 is 0. The first-order valence-electron chi connectivity index (χ1n) is 9.63. The van der Waals surface area contributed by atoms with Crippen molar-refractivity contribution in [1.29, 1.82) is 0 Å². The van der Waals surface area contributed by atoms with Crippen LogP contribution in [0.1, 0.15) is 42.3 Å². The van der Waals surface area contributed by atoms with E-state index in [9.17, 15) is 4.79 Å². The first kappa shape index (κ1) is 20.4. The first-order valence-corrected chi connectivity index (χ1v) is 9.63. The van der Waals surface area contributed by atoms with Crippen LogP contribution in [0, 0.1) is 0 Å². The van der Waals surface area contributed by atoms with Crippen molar-refractivity contribution in [2.45, 2.75) is 33.0 Å². The largest absolute Gasteiger partial charge is 0.488 e.